The molecule has 84 valence electrons. The molecule has 0 saturated carbocycles. The summed E-state index contributed by atoms with van der Waals surface area (Å²) < 4.78 is 12.6. The van der Waals surface area contributed by atoms with Crippen LogP contribution in [-0.2, 0) is 6.54 Å². The molecular formula is C12H18FNO. The monoisotopic (exact) mass is 211 g/mol. The van der Waals surface area contributed by atoms with Crippen LogP contribution in [0.1, 0.15) is 26.3 Å². The van der Waals surface area contributed by atoms with Crippen molar-refractivity contribution in [3.8, 4) is 0 Å². The molecule has 1 rings (SSSR count). The first kappa shape index (κ1) is 12.1. The molecule has 0 bridgehead atoms. The van der Waals surface area contributed by atoms with Crippen LogP contribution in [0.25, 0.3) is 0 Å². The molecule has 0 spiro atoms. The van der Waals surface area contributed by atoms with E-state index in [0.29, 0.717) is 6.54 Å². The van der Waals surface area contributed by atoms with Crippen LogP contribution in [0.3, 0.4) is 0 Å². The van der Waals surface area contributed by atoms with Crippen molar-refractivity contribution in [2.75, 3.05) is 0 Å². The van der Waals surface area contributed by atoms with E-state index in [9.17, 15) is 9.50 Å². The Bertz CT molecular complexity index is 306. The number of hydrogen-bond donors (Lipinski definition) is 2. The van der Waals surface area contributed by atoms with Crippen molar-refractivity contribution in [2.24, 2.45) is 0 Å². The molecule has 2 nitrogen and oxygen atoms in total. The summed E-state index contributed by atoms with van der Waals surface area (Å²) in [5.41, 5.74) is 0.666. The van der Waals surface area contributed by atoms with Gasteiger partial charge in [-0.3, -0.25) is 0 Å². The lowest BCUT2D eigenvalue weighted by Crippen LogP contribution is -2.47. The Morgan fingerprint density at radius 2 is 1.87 bits per heavy atom. The summed E-state index contributed by atoms with van der Waals surface area (Å²) in [5, 5.41) is 12.7. The van der Waals surface area contributed by atoms with Crippen molar-refractivity contribution in [2.45, 2.75) is 39.0 Å². The van der Waals surface area contributed by atoms with E-state index in [-0.39, 0.29) is 11.4 Å². The highest BCUT2D eigenvalue weighted by molar-refractivity contribution is 5.16. The van der Waals surface area contributed by atoms with Gasteiger partial charge in [0.25, 0.3) is 0 Å². The Morgan fingerprint density at radius 1 is 1.33 bits per heavy atom. The van der Waals surface area contributed by atoms with Crippen LogP contribution in [0.5, 0.6) is 0 Å². The topological polar surface area (TPSA) is 32.3 Å². The second-order valence-electron chi connectivity index (χ2n) is 4.38. The fourth-order valence-corrected chi connectivity index (χ4v) is 1.08. The molecule has 0 aliphatic carbocycles. The van der Waals surface area contributed by atoms with E-state index in [4.69, 9.17) is 0 Å². The Labute approximate surface area is 90.1 Å². The third kappa shape index (κ3) is 3.61. The number of aliphatic hydroxyl groups is 1. The highest BCUT2D eigenvalue weighted by Crippen LogP contribution is 2.10. The van der Waals surface area contributed by atoms with Crippen molar-refractivity contribution in [1.29, 1.82) is 0 Å². The molecule has 15 heavy (non-hydrogen) atoms. The van der Waals surface area contributed by atoms with Gasteiger partial charge in [-0.25, -0.2) is 4.39 Å². The number of rotatable bonds is 4. The van der Waals surface area contributed by atoms with Gasteiger partial charge in [0.1, 0.15) is 5.82 Å². The lowest BCUT2D eigenvalue weighted by Gasteiger charge is -2.29. The molecule has 0 amide bonds. The summed E-state index contributed by atoms with van der Waals surface area (Å²) in [6.07, 6.45) is -0.432. The number of nitrogens with one attached hydrogen (secondary N) is 1. The highest BCUT2D eigenvalue weighted by Gasteiger charge is 2.22. The fraction of sp³-hybridized carbons (Fsp3) is 0.500. The minimum atomic E-state index is -0.432. The third-order valence-corrected chi connectivity index (χ3v) is 2.71. The van der Waals surface area contributed by atoms with E-state index < -0.39 is 6.10 Å². The van der Waals surface area contributed by atoms with E-state index in [1.807, 2.05) is 13.8 Å². The summed E-state index contributed by atoms with van der Waals surface area (Å²) in [7, 11) is 0. The molecule has 3 heteroatoms. The zero-order chi connectivity index (χ0) is 11.5. The molecule has 0 aliphatic rings. The Balaban J connectivity index is 2.54. The van der Waals surface area contributed by atoms with Crippen molar-refractivity contribution < 1.29 is 9.50 Å². The minimum Gasteiger partial charge on any atom is -0.392 e. The molecule has 1 unspecified atom stereocenters. The van der Waals surface area contributed by atoms with Gasteiger partial charge >= 0.3 is 0 Å². The Hall–Kier alpha value is -0.930. The minimum absolute atomic E-state index is 0.228. The van der Waals surface area contributed by atoms with Crippen molar-refractivity contribution in [3.05, 3.63) is 35.6 Å². The zero-order valence-electron chi connectivity index (χ0n) is 9.42. The first-order chi connectivity index (χ1) is 6.92. The third-order valence-electron chi connectivity index (χ3n) is 2.71. The van der Waals surface area contributed by atoms with Gasteiger partial charge in [-0.1, -0.05) is 12.1 Å². The van der Waals surface area contributed by atoms with Crippen LogP contribution in [0.2, 0.25) is 0 Å². The molecule has 0 heterocycles. The summed E-state index contributed by atoms with van der Waals surface area (Å²) in [4.78, 5) is 0. The van der Waals surface area contributed by atoms with Crippen LogP contribution in [0.15, 0.2) is 24.3 Å². The summed E-state index contributed by atoms with van der Waals surface area (Å²) in [6.45, 7) is 6.23. The van der Waals surface area contributed by atoms with Gasteiger partial charge in [-0.05, 0) is 38.5 Å². The zero-order valence-corrected chi connectivity index (χ0v) is 9.42. The summed E-state index contributed by atoms with van der Waals surface area (Å²) in [5.74, 6) is -0.228. The number of hydrogen-bond acceptors (Lipinski definition) is 2. The van der Waals surface area contributed by atoms with E-state index in [2.05, 4.69) is 5.32 Å². The molecule has 0 aromatic heterocycles. The maximum Gasteiger partial charge on any atom is 0.123 e. The molecule has 0 radical (unpaired) electrons. The SMILES string of the molecule is CC(O)C(C)(C)NCc1ccc(F)cc1. The van der Waals surface area contributed by atoms with Gasteiger partial charge in [0.2, 0.25) is 0 Å². The first-order valence-corrected chi connectivity index (χ1v) is 5.09. The Kier molecular flexibility index (Phi) is 3.83. The van der Waals surface area contributed by atoms with E-state index >= 15 is 0 Å². The van der Waals surface area contributed by atoms with Gasteiger partial charge in [-0.15, -0.1) is 0 Å². The maximum atomic E-state index is 12.6. The predicted molar refractivity (Wildman–Crippen MR) is 59.0 cm³/mol. The maximum absolute atomic E-state index is 12.6. The summed E-state index contributed by atoms with van der Waals surface area (Å²) >= 11 is 0. The molecule has 0 aliphatic heterocycles. The van der Waals surface area contributed by atoms with Crippen LogP contribution in [0, 0.1) is 5.82 Å². The Morgan fingerprint density at radius 3 is 2.33 bits per heavy atom. The lowest BCUT2D eigenvalue weighted by molar-refractivity contribution is 0.0956. The second-order valence-corrected chi connectivity index (χ2v) is 4.38. The van der Waals surface area contributed by atoms with Gasteiger partial charge < -0.3 is 10.4 Å². The summed E-state index contributed by atoms with van der Waals surface area (Å²) in [6, 6.07) is 6.35. The number of benzene rings is 1. The van der Waals surface area contributed by atoms with E-state index in [0.717, 1.165) is 5.56 Å². The average Bonchev–Trinajstić information content (AvgIpc) is 2.17. The quantitative estimate of drug-likeness (QED) is 0.799. The first-order valence-electron chi connectivity index (χ1n) is 5.09. The number of aliphatic hydroxyl groups excluding tert-OH is 1. The van der Waals surface area contributed by atoms with Gasteiger partial charge in [-0.2, -0.15) is 0 Å². The van der Waals surface area contributed by atoms with Crippen LogP contribution >= 0.6 is 0 Å². The standard InChI is InChI=1S/C12H18FNO/c1-9(15)12(2,3)14-8-10-4-6-11(13)7-5-10/h4-7,9,14-15H,8H2,1-3H3. The van der Waals surface area contributed by atoms with Crippen LogP contribution in [0.4, 0.5) is 4.39 Å². The van der Waals surface area contributed by atoms with Crippen molar-refractivity contribution in [3.63, 3.8) is 0 Å². The fourth-order valence-electron chi connectivity index (χ4n) is 1.08. The molecular weight excluding hydrogens is 193 g/mol. The largest absolute Gasteiger partial charge is 0.392 e. The highest BCUT2D eigenvalue weighted by atomic mass is 19.1. The van der Waals surface area contributed by atoms with Gasteiger partial charge in [0.15, 0.2) is 0 Å². The molecule has 0 saturated heterocycles. The van der Waals surface area contributed by atoms with Gasteiger partial charge in [0.05, 0.1) is 6.10 Å². The van der Waals surface area contributed by atoms with Crippen molar-refractivity contribution >= 4 is 0 Å². The van der Waals surface area contributed by atoms with Crippen LogP contribution < -0.4 is 5.32 Å². The smallest absolute Gasteiger partial charge is 0.123 e. The molecule has 1 aromatic carbocycles. The lowest BCUT2D eigenvalue weighted by atomic mass is 9.98. The van der Waals surface area contributed by atoms with Gasteiger partial charge in [0, 0.05) is 12.1 Å². The predicted octanol–water partition coefficient (Wildman–Crippen LogP) is 2.07. The van der Waals surface area contributed by atoms with E-state index in [1.165, 1.54) is 12.1 Å². The second kappa shape index (κ2) is 4.73. The molecule has 2 N–H and O–H groups in total. The number of halogens is 1. The van der Waals surface area contributed by atoms with E-state index in [1.54, 1.807) is 19.1 Å². The average molecular weight is 211 g/mol. The van der Waals surface area contributed by atoms with Crippen molar-refractivity contribution in [1.82, 2.24) is 5.32 Å². The van der Waals surface area contributed by atoms with Crippen LogP contribution in [-0.4, -0.2) is 16.7 Å². The molecule has 0 fully saturated rings. The molecule has 1 atom stereocenters. The molecule has 1 aromatic rings. The normalized spacial score (nSPS) is 13.9.